The minimum atomic E-state index is 0.944. The molecule has 2 saturated carbocycles. The zero-order chi connectivity index (χ0) is 11.7. The molecule has 1 aromatic carbocycles. The molecule has 0 aliphatic heterocycles. The van der Waals surface area contributed by atoms with Crippen LogP contribution in [-0.2, 0) is 6.42 Å². The van der Waals surface area contributed by atoms with E-state index in [4.69, 9.17) is 0 Å². The van der Waals surface area contributed by atoms with E-state index in [1.807, 2.05) is 0 Å². The zero-order valence-electron chi connectivity index (χ0n) is 10.8. The van der Waals surface area contributed by atoms with Gasteiger partial charge in [-0.2, -0.15) is 0 Å². The van der Waals surface area contributed by atoms with E-state index in [1.165, 1.54) is 43.5 Å². The third kappa shape index (κ3) is 2.34. The average molecular weight is 229 g/mol. The topological polar surface area (TPSA) is 12.0 Å². The maximum atomic E-state index is 3.62. The summed E-state index contributed by atoms with van der Waals surface area (Å²) >= 11 is 0. The van der Waals surface area contributed by atoms with Gasteiger partial charge in [0.25, 0.3) is 0 Å². The van der Waals surface area contributed by atoms with Crippen LogP contribution in [0.25, 0.3) is 0 Å². The van der Waals surface area contributed by atoms with Crippen molar-refractivity contribution < 1.29 is 0 Å². The number of rotatable bonds is 4. The smallest absolute Gasteiger partial charge is 0.0340 e. The van der Waals surface area contributed by atoms with Crippen LogP contribution in [0, 0.1) is 17.8 Å². The van der Waals surface area contributed by atoms with Crippen LogP contribution >= 0.6 is 0 Å². The van der Waals surface area contributed by atoms with Gasteiger partial charge in [-0.3, -0.25) is 0 Å². The molecule has 3 unspecified atom stereocenters. The van der Waals surface area contributed by atoms with Crippen LogP contribution in [0.3, 0.4) is 0 Å². The summed E-state index contributed by atoms with van der Waals surface area (Å²) in [5.74, 6) is 3.04. The Labute approximate surface area is 105 Å². The normalized spacial score (nSPS) is 30.8. The molecule has 1 nitrogen and oxygen atoms in total. The molecule has 0 saturated heterocycles. The third-order valence-electron chi connectivity index (χ3n) is 4.82. The first-order valence-corrected chi connectivity index (χ1v) is 7.18. The molecular weight excluding hydrogens is 206 g/mol. The summed E-state index contributed by atoms with van der Waals surface area (Å²) in [5, 5.41) is 3.62. The molecule has 1 N–H and O–H groups in total. The lowest BCUT2D eigenvalue weighted by Gasteiger charge is -2.22. The van der Waals surface area contributed by atoms with Crippen LogP contribution in [0.4, 0.5) is 5.69 Å². The molecule has 0 amide bonds. The Bertz CT molecular complexity index is 368. The van der Waals surface area contributed by atoms with E-state index in [1.54, 1.807) is 0 Å². The summed E-state index contributed by atoms with van der Waals surface area (Å²) in [7, 11) is 0. The number of aryl methyl sites for hydroxylation is 1. The van der Waals surface area contributed by atoms with Crippen LogP contribution < -0.4 is 5.32 Å². The fourth-order valence-corrected chi connectivity index (χ4v) is 3.73. The summed E-state index contributed by atoms with van der Waals surface area (Å²) in [6, 6.07) is 8.93. The average Bonchev–Trinajstić information content (AvgIpc) is 2.99. The molecule has 2 aliphatic rings. The largest absolute Gasteiger partial charge is 0.385 e. The van der Waals surface area contributed by atoms with Crippen molar-refractivity contribution in [2.45, 2.75) is 39.0 Å². The summed E-state index contributed by atoms with van der Waals surface area (Å²) in [4.78, 5) is 0. The lowest BCUT2D eigenvalue weighted by molar-refractivity contribution is 0.348. The lowest BCUT2D eigenvalue weighted by atomic mass is 9.89. The number of hydrogen-bond donors (Lipinski definition) is 1. The van der Waals surface area contributed by atoms with Gasteiger partial charge in [0.05, 0.1) is 0 Å². The van der Waals surface area contributed by atoms with Crippen molar-refractivity contribution in [1.29, 1.82) is 0 Å². The maximum Gasteiger partial charge on any atom is 0.0340 e. The summed E-state index contributed by atoms with van der Waals surface area (Å²) in [6.45, 7) is 3.39. The highest BCUT2D eigenvalue weighted by molar-refractivity contribution is 5.44. The number of fused-ring (bicyclic) bond motifs is 2. The molecule has 3 atom stereocenters. The van der Waals surface area contributed by atoms with Crippen LogP contribution in [0.1, 0.15) is 38.2 Å². The molecule has 1 aromatic rings. The summed E-state index contributed by atoms with van der Waals surface area (Å²) in [5.41, 5.74) is 2.72. The number of benzene rings is 1. The van der Waals surface area contributed by atoms with Gasteiger partial charge in [0.2, 0.25) is 0 Å². The zero-order valence-corrected chi connectivity index (χ0v) is 10.8. The van der Waals surface area contributed by atoms with Crippen LogP contribution in [-0.4, -0.2) is 6.54 Å². The number of anilines is 1. The van der Waals surface area contributed by atoms with E-state index in [-0.39, 0.29) is 0 Å². The fourth-order valence-electron chi connectivity index (χ4n) is 3.73. The fraction of sp³-hybridized carbons (Fsp3) is 0.625. The first-order valence-electron chi connectivity index (χ1n) is 7.18. The molecule has 0 spiro atoms. The van der Waals surface area contributed by atoms with Crippen molar-refractivity contribution in [3.05, 3.63) is 29.8 Å². The SMILES string of the molecule is CCc1ccc(NCC2CC3CCC2C3)cc1. The van der Waals surface area contributed by atoms with Crippen LogP contribution in [0.5, 0.6) is 0 Å². The van der Waals surface area contributed by atoms with Gasteiger partial charge in [-0.1, -0.05) is 25.5 Å². The second-order valence-corrected chi connectivity index (χ2v) is 5.87. The van der Waals surface area contributed by atoms with Crippen molar-refractivity contribution in [2.24, 2.45) is 17.8 Å². The molecule has 0 aromatic heterocycles. The van der Waals surface area contributed by atoms with Crippen LogP contribution in [0.2, 0.25) is 0 Å². The molecule has 17 heavy (non-hydrogen) atoms. The van der Waals surface area contributed by atoms with Crippen molar-refractivity contribution in [1.82, 2.24) is 0 Å². The Balaban J connectivity index is 1.53. The van der Waals surface area contributed by atoms with Gasteiger partial charge in [0.1, 0.15) is 0 Å². The van der Waals surface area contributed by atoms with E-state index in [0.717, 1.165) is 24.2 Å². The summed E-state index contributed by atoms with van der Waals surface area (Å²) in [6.07, 6.45) is 7.12. The standard InChI is InChI=1S/C16H23N/c1-2-12-4-7-16(8-5-12)17-11-15-10-13-3-6-14(15)9-13/h4-5,7-8,13-15,17H,2-3,6,9-11H2,1H3. The van der Waals surface area contributed by atoms with Crippen molar-refractivity contribution in [3.63, 3.8) is 0 Å². The Morgan fingerprint density at radius 1 is 1.12 bits per heavy atom. The Kier molecular flexibility index (Phi) is 3.09. The highest BCUT2D eigenvalue weighted by Crippen LogP contribution is 2.48. The quantitative estimate of drug-likeness (QED) is 0.819. The van der Waals surface area contributed by atoms with E-state index < -0.39 is 0 Å². The number of hydrogen-bond acceptors (Lipinski definition) is 1. The molecule has 0 radical (unpaired) electrons. The van der Waals surface area contributed by atoms with Gasteiger partial charge < -0.3 is 5.32 Å². The van der Waals surface area contributed by atoms with Gasteiger partial charge in [-0.15, -0.1) is 0 Å². The lowest BCUT2D eigenvalue weighted by Crippen LogP contribution is -2.20. The second kappa shape index (κ2) is 4.72. The molecule has 3 rings (SSSR count). The molecule has 92 valence electrons. The highest BCUT2D eigenvalue weighted by Gasteiger charge is 2.38. The van der Waals surface area contributed by atoms with Gasteiger partial charge in [0.15, 0.2) is 0 Å². The van der Waals surface area contributed by atoms with E-state index in [0.29, 0.717) is 0 Å². The second-order valence-electron chi connectivity index (χ2n) is 5.87. The molecule has 2 aliphatic carbocycles. The monoisotopic (exact) mass is 229 g/mol. The Hall–Kier alpha value is -0.980. The Morgan fingerprint density at radius 3 is 2.53 bits per heavy atom. The van der Waals surface area contributed by atoms with Gasteiger partial charge in [-0.25, -0.2) is 0 Å². The highest BCUT2D eigenvalue weighted by atomic mass is 14.9. The summed E-state index contributed by atoms with van der Waals surface area (Å²) < 4.78 is 0. The number of nitrogens with one attached hydrogen (secondary N) is 1. The van der Waals surface area contributed by atoms with Crippen molar-refractivity contribution >= 4 is 5.69 Å². The molecule has 2 fully saturated rings. The molecule has 0 heterocycles. The first kappa shape index (κ1) is 11.1. The predicted molar refractivity (Wildman–Crippen MR) is 73.2 cm³/mol. The van der Waals surface area contributed by atoms with Crippen LogP contribution in [0.15, 0.2) is 24.3 Å². The third-order valence-corrected chi connectivity index (χ3v) is 4.82. The first-order chi connectivity index (χ1) is 8.35. The van der Waals surface area contributed by atoms with Gasteiger partial charge >= 0.3 is 0 Å². The van der Waals surface area contributed by atoms with E-state index in [9.17, 15) is 0 Å². The minimum Gasteiger partial charge on any atom is -0.385 e. The van der Waals surface area contributed by atoms with Crippen molar-refractivity contribution in [2.75, 3.05) is 11.9 Å². The predicted octanol–water partition coefficient (Wildman–Crippen LogP) is 4.10. The molecule has 1 heteroatoms. The van der Waals surface area contributed by atoms with Gasteiger partial charge in [-0.05, 0) is 61.1 Å². The molecular formula is C16H23N. The van der Waals surface area contributed by atoms with Crippen molar-refractivity contribution in [3.8, 4) is 0 Å². The minimum absolute atomic E-state index is 0.944. The molecule has 2 bridgehead atoms. The van der Waals surface area contributed by atoms with E-state index in [2.05, 4.69) is 36.5 Å². The van der Waals surface area contributed by atoms with E-state index >= 15 is 0 Å². The Morgan fingerprint density at radius 2 is 1.94 bits per heavy atom. The maximum absolute atomic E-state index is 3.62. The van der Waals surface area contributed by atoms with Gasteiger partial charge in [0, 0.05) is 12.2 Å².